The first kappa shape index (κ1) is 25.1. The lowest BCUT2D eigenvalue weighted by Crippen LogP contribution is -2.48. The van der Waals surface area contributed by atoms with Crippen LogP contribution in [0.4, 0.5) is 8.78 Å². The van der Waals surface area contributed by atoms with Crippen molar-refractivity contribution in [1.82, 2.24) is 10.6 Å². The van der Waals surface area contributed by atoms with Crippen LogP contribution >= 0.6 is 0 Å². The number of amides is 1. The van der Waals surface area contributed by atoms with Crippen LogP contribution in [0.1, 0.15) is 56.8 Å². The monoisotopic (exact) mass is 460 g/mol. The summed E-state index contributed by atoms with van der Waals surface area (Å²) in [6.45, 7) is 8.71. The molecule has 1 amide bonds. The van der Waals surface area contributed by atoms with Crippen molar-refractivity contribution in [1.29, 1.82) is 0 Å². The second-order valence-corrected chi connectivity index (χ2v) is 10.1. The molecule has 0 saturated heterocycles. The zero-order chi connectivity index (χ0) is 24.2. The largest absolute Gasteiger partial charge is 0.493 e. The molecule has 7 heteroatoms. The van der Waals surface area contributed by atoms with E-state index in [1.807, 2.05) is 6.07 Å². The zero-order valence-electron chi connectivity index (χ0n) is 19.8. The highest BCUT2D eigenvalue weighted by Gasteiger charge is 2.26. The summed E-state index contributed by atoms with van der Waals surface area (Å²) in [6, 6.07) is 8.77. The van der Waals surface area contributed by atoms with Gasteiger partial charge < -0.3 is 20.5 Å². The third-order valence-electron chi connectivity index (χ3n) is 5.65. The van der Waals surface area contributed by atoms with Crippen LogP contribution in [0.2, 0.25) is 0 Å². The summed E-state index contributed by atoms with van der Waals surface area (Å²) in [5.41, 5.74) is 2.81. The van der Waals surface area contributed by atoms with Gasteiger partial charge in [0, 0.05) is 37.6 Å². The van der Waals surface area contributed by atoms with Crippen molar-refractivity contribution in [2.75, 3.05) is 13.2 Å². The first-order valence-electron chi connectivity index (χ1n) is 11.4. The lowest BCUT2D eigenvalue weighted by atomic mass is 9.86. The summed E-state index contributed by atoms with van der Waals surface area (Å²) in [6.07, 6.45) is 0.838. The summed E-state index contributed by atoms with van der Waals surface area (Å²) < 4.78 is 33.0. The smallest absolute Gasteiger partial charge is 0.217 e. The van der Waals surface area contributed by atoms with Gasteiger partial charge in [0.15, 0.2) is 0 Å². The molecule has 3 rings (SSSR count). The molecule has 3 atom stereocenters. The van der Waals surface area contributed by atoms with Crippen LogP contribution in [0.5, 0.6) is 5.75 Å². The number of aliphatic hydroxyl groups is 1. The number of carbonyl (C=O) groups is 1. The summed E-state index contributed by atoms with van der Waals surface area (Å²) in [5.74, 6) is -0.869. The number of rotatable bonds is 8. The number of carbonyl (C=O) groups excluding carboxylic acids is 1. The van der Waals surface area contributed by atoms with Crippen LogP contribution in [0, 0.1) is 17.0 Å². The van der Waals surface area contributed by atoms with E-state index in [1.165, 1.54) is 24.6 Å². The molecule has 0 bridgehead atoms. The molecule has 180 valence electrons. The number of halogens is 2. The van der Waals surface area contributed by atoms with E-state index in [1.54, 1.807) is 0 Å². The van der Waals surface area contributed by atoms with Gasteiger partial charge in [0.2, 0.25) is 5.91 Å². The Morgan fingerprint density at radius 3 is 2.48 bits per heavy atom. The van der Waals surface area contributed by atoms with Crippen LogP contribution in [0.15, 0.2) is 36.4 Å². The van der Waals surface area contributed by atoms with Crippen molar-refractivity contribution in [2.24, 2.45) is 5.41 Å². The lowest BCUT2D eigenvalue weighted by Gasteiger charge is -2.30. The molecule has 0 unspecified atom stereocenters. The average molecular weight is 461 g/mol. The predicted molar refractivity (Wildman–Crippen MR) is 124 cm³/mol. The Morgan fingerprint density at radius 2 is 1.85 bits per heavy atom. The van der Waals surface area contributed by atoms with E-state index >= 15 is 0 Å². The Balaban J connectivity index is 1.70. The number of nitrogens with one attached hydrogen (secondary N) is 2. The van der Waals surface area contributed by atoms with Gasteiger partial charge in [-0.1, -0.05) is 32.9 Å². The quantitative estimate of drug-likeness (QED) is 0.555. The molecule has 0 saturated carbocycles. The van der Waals surface area contributed by atoms with Gasteiger partial charge in [0.05, 0.1) is 18.8 Å². The Morgan fingerprint density at radius 1 is 1.15 bits per heavy atom. The number of hydrogen-bond acceptors (Lipinski definition) is 4. The fourth-order valence-corrected chi connectivity index (χ4v) is 4.31. The number of fused-ring (bicyclic) bond motifs is 1. The Hall–Kier alpha value is -2.51. The minimum atomic E-state index is -0.954. The van der Waals surface area contributed by atoms with Crippen LogP contribution in [0.3, 0.4) is 0 Å². The first-order chi connectivity index (χ1) is 15.5. The fraction of sp³-hybridized carbons (Fsp3) is 0.500. The molecule has 5 nitrogen and oxygen atoms in total. The van der Waals surface area contributed by atoms with Crippen LogP contribution in [0.25, 0.3) is 0 Å². The van der Waals surface area contributed by atoms with Crippen molar-refractivity contribution in [3.63, 3.8) is 0 Å². The van der Waals surface area contributed by atoms with Gasteiger partial charge in [0.1, 0.15) is 17.4 Å². The van der Waals surface area contributed by atoms with Gasteiger partial charge in [0.25, 0.3) is 0 Å². The summed E-state index contributed by atoms with van der Waals surface area (Å²) in [7, 11) is 0. The molecule has 0 radical (unpaired) electrons. The predicted octanol–water partition coefficient (Wildman–Crippen LogP) is 4.07. The van der Waals surface area contributed by atoms with Crippen molar-refractivity contribution in [3.05, 3.63) is 64.7 Å². The van der Waals surface area contributed by atoms with Gasteiger partial charge in [-0.2, -0.15) is 0 Å². The lowest BCUT2D eigenvalue weighted by molar-refractivity contribution is -0.120. The Labute approximate surface area is 194 Å². The normalized spacial score (nSPS) is 17.6. The molecular formula is C26H34F2N2O3. The third kappa shape index (κ3) is 7.51. The molecule has 0 fully saturated rings. The molecule has 33 heavy (non-hydrogen) atoms. The van der Waals surface area contributed by atoms with Crippen LogP contribution in [-0.2, 0) is 17.6 Å². The van der Waals surface area contributed by atoms with Gasteiger partial charge >= 0.3 is 0 Å². The van der Waals surface area contributed by atoms with Gasteiger partial charge in [-0.05, 0) is 47.6 Å². The second-order valence-electron chi connectivity index (χ2n) is 10.1. The van der Waals surface area contributed by atoms with Crippen molar-refractivity contribution in [3.8, 4) is 5.75 Å². The minimum absolute atomic E-state index is 0.00656. The minimum Gasteiger partial charge on any atom is -0.493 e. The molecule has 0 aliphatic carbocycles. The average Bonchev–Trinajstić information content (AvgIpc) is 2.69. The van der Waals surface area contributed by atoms with Gasteiger partial charge in [-0.15, -0.1) is 0 Å². The number of hydrogen-bond donors (Lipinski definition) is 3. The summed E-state index contributed by atoms with van der Waals surface area (Å²) in [5, 5.41) is 17.0. The molecular weight excluding hydrogens is 426 g/mol. The van der Waals surface area contributed by atoms with Gasteiger partial charge in [-0.3, -0.25) is 4.79 Å². The highest BCUT2D eigenvalue weighted by molar-refractivity contribution is 5.73. The van der Waals surface area contributed by atoms with Crippen molar-refractivity contribution in [2.45, 2.75) is 65.1 Å². The van der Waals surface area contributed by atoms with E-state index in [0.717, 1.165) is 30.2 Å². The topological polar surface area (TPSA) is 70.6 Å². The number of aliphatic hydroxyl groups excluding tert-OH is 1. The second kappa shape index (κ2) is 10.6. The van der Waals surface area contributed by atoms with E-state index in [2.05, 4.69) is 43.5 Å². The van der Waals surface area contributed by atoms with E-state index in [9.17, 15) is 18.7 Å². The van der Waals surface area contributed by atoms with Crippen LogP contribution < -0.4 is 15.4 Å². The Kier molecular flexibility index (Phi) is 8.08. The van der Waals surface area contributed by atoms with Crippen molar-refractivity contribution < 1.29 is 23.4 Å². The highest BCUT2D eigenvalue weighted by Crippen LogP contribution is 2.34. The molecule has 1 aliphatic rings. The molecule has 2 aromatic carbocycles. The van der Waals surface area contributed by atoms with Crippen LogP contribution in [-0.4, -0.2) is 36.3 Å². The standard InChI is InChI=1S/C26H34F2N2O3/c1-16(31)30-23(12-18-9-19(27)13-20(28)10-18)24(32)15-29-22-7-8-33-25-6-5-17(11-21(22)25)14-26(2,3)4/h5-6,9-11,13,22-24,29,32H,7-8,12,14-15H2,1-4H3,(H,30,31)/t22-,23-,24+/m0/s1. The maximum atomic E-state index is 13.6. The van der Waals surface area contributed by atoms with Crippen molar-refractivity contribution >= 4 is 5.91 Å². The molecule has 3 N–H and O–H groups in total. The third-order valence-corrected chi connectivity index (χ3v) is 5.65. The highest BCUT2D eigenvalue weighted by atomic mass is 19.1. The molecule has 1 heterocycles. The number of ether oxygens (including phenoxy) is 1. The summed E-state index contributed by atoms with van der Waals surface area (Å²) >= 11 is 0. The fourth-order valence-electron chi connectivity index (χ4n) is 4.31. The molecule has 0 spiro atoms. The maximum absolute atomic E-state index is 13.6. The molecule has 0 aromatic heterocycles. The Bertz CT molecular complexity index is 954. The van der Waals surface area contributed by atoms with E-state index in [0.29, 0.717) is 12.2 Å². The SMILES string of the molecule is CC(=O)N[C@@H](Cc1cc(F)cc(F)c1)[C@H](O)CN[C@H]1CCOc2ccc(CC(C)(C)C)cc21. The zero-order valence-corrected chi connectivity index (χ0v) is 19.8. The number of benzene rings is 2. The van der Waals surface area contributed by atoms with E-state index < -0.39 is 23.8 Å². The van der Waals surface area contributed by atoms with E-state index in [-0.39, 0.29) is 30.3 Å². The van der Waals surface area contributed by atoms with Gasteiger partial charge in [-0.25, -0.2) is 8.78 Å². The molecule has 2 aromatic rings. The maximum Gasteiger partial charge on any atom is 0.217 e. The first-order valence-corrected chi connectivity index (χ1v) is 11.4. The molecule has 1 aliphatic heterocycles. The van der Waals surface area contributed by atoms with E-state index in [4.69, 9.17) is 4.74 Å². The summed E-state index contributed by atoms with van der Waals surface area (Å²) in [4.78, 5) is 11.7.